The highest BCUT2D eigenvalue weighted by molar-refractivity contribution is 5.80. The zero-order chi connectivity index (χ0) is 7.82. The molecule has 10 heavy (non-hydrogen) atoms. The maximum Gasteiger partial charge on any atom is 0.198 e. The molecule has 0 fully saturated rings. The fraction of sp³-hybridized carbons (Fsp3) is 0.714. The highest BCUT2D eigenvalue weighted by atomic mass is 16.5. The lowest BCUT2D eigenvalue weighted by atomic mass is 10.2. The van der Waals surface area contributed by atoms with Crippen molar-refractivity contribution >= 4 is 12.1 Å². The summed E-state index contributed by atoms with van der Waals surface area (Å²) in [6.45, 7) is 0.442. The second-order valence-electron chi connectivity index (χ2n) is 1.93. The Morgan fingerprint density at radius 2 is 2.20 bits per heavy atom. The topological polar surface area (TPSA) is 43.4 Å². The van der Waals surface area contributed by atoms with Crippen molar-refractivity contribution < 1.29 is 14.3 Å². The first-order chi connectivity index (χ1) is 4.81. The predicted molar refractivity (Wildman–Crippen MR) is 36.4 cm³/mol. The van der Waals surface area contributed by atoms with E-state index in [0.717, 1.165) is 0 Å². The lowest BCUT2D eigenvalue weighted by molar-refractivity contribution is -0.119. The quantitative estimate of drug-likeness (QED) is 0.543. The number of hydrogen-bond donors (Lipinski definition) is 0. The zero-order valence-electron chi connectivity index (χ0n) is 6.05. The molecule has 0 heterocycles. The van der Waals surface area contributed by atoms with E-state index in [4.69, 9.17) is 0 Å². The van der Waals surface area contributed by atoms with E-state index in [9.17, 15) is 9.59 Å². The van der Waals surface area contributed by atoms with Crippen molar-refractivity contribution in [3.8, 4) is 0 Å². The van der Waals surface area contributed by atoms with Gasteiger partial charge in [0.1, 0.15) is 5.78 Å². The van der Waals surface area contributed by atoms with Crippen LogP contribution in [0.2, 0.25) is 0 Å². The fourth-order valence-corrected chi connectivity index (χ4v) is 0.531. The van der Waals surface area contributed by atoms with E-state index in [0.29, 0.717) is 19.4 Å². The number of Topliss-reactive ketones (excluding diaryl/α,β-unsaturated/α-hetero) is 1. The molecule has 3 heteroatoms. The molecule has 0 N–H and O–H groups in total. The Balaban J connectivity index is 3.16. The Morgan fingerprint density at radius 1 is 1.50 bits per heavy atom. The van der Waals surface area contributed by atoms with Gasteiger partial charge in [0.15, 0.2) is 6.29 Å². The molecule has 0 aliphatic carbocycles. The molecule has 0 aliphatic rings. The van der Waals surface area contributed by atoms with Crippen molar-refractivity contribution in [3.63, 3.8) is 0 Å². The normalized spacial score (nSPS) is 9.30. The van der Waals surface area contributed by atoms with Gasteiger partial charge in [-0.2, -0.15) is 0 Å². The first kappa shape index (κ1) is 9.30. The molecule has 0 aromatic heterocycles. The van der Waals surface area contributed by atoms with Gasteiger partial charge in [-0.1, -0.05) is 0 Å². The van der Waals surface area contributed by atoms with E-state index in [1.165, 1.54) is 0 Å². The molecule has 0 aliphatic heterocycles. The van der Waals surface area contributed by atoms with Gasteiger partial charge in [0.05, 0.1) is 6.61 Å². The van der Waals surface area contributed by atoms with Gasteiger partial charge in [-0.05, 0) is 0 Å². The predicted octanol–water partition coefficient (Wildman–Crippen LogP) is 0.482. The van der Waals surface area contributed by atoms with Gasteiger partial charge in [0.25, 0.3) is 0 Å². The molecule has 0 aromatic rings. The van der Waals surface area contributed by atoms with Crippen LogP contribution >= 0.6 is 0 Å². The third kappa shape index (κ3) is 5.44. The van der Waals surface area contributed by atoms with E-state index in [1.54, 1.807) is 13.4 Å². The van der Waals surface area contributed by atoms with E-state index < -0.39 is 0 Å². The van der Waals surface area contributed by atoms with Crippen molar-refractivity contribution in [2.75, 3.05) is 13.7 Å². The summed E-state index contributed by atoms with van der Waals surface area (Å²) in [5.74, 6) is 0.0604. The number of ether oxygens (including phenoxy) is 1. The van der Waals surface area contributed by atoms with E-state index in [-0.39, 0.29) is 12.2 Å². The second kappa shape index (κ2) is 6.42. The van der Waals surface area contributed by atoms with Crippen molar-refractivity contribution in [3.05, 3.63) is 0 Å². The van der Waals surface area contributed by atoms with Gasteiger partial charge < -0.3 is 4.74 Å². The van der Waals surface area contributed by atoms with Crippen molar-refractivity contribution in [1.29, 1.82) is 0 Å². The molecule has 0 atom stereocenters. The van der Waals surface area contributed by atoms with Crippen molar-refractivity contribution in [1.82, 2.24) is 0 Å². The van der Waals surface area contributed by atoms with Gasteiger partial charge in [0.2, 0.25) is 0 Å². The van der Waals surface area contributed by atoms with E-state index in [1.807, 2.05) is 0 Å². The molecule has 57 valence electrons. The molecular formula is C7H11O3. The fourth-order valence-electron chi connectivity index (χ4n) is 0.531. The van der Waals surface area contributed by atoms with Gasteiger partial charge in [-0.15, -0.1) is 0 Å². The molecule has 0 rings (SSSR count). The van der Waals surface area contributed by atoms with Gasteiger partial charge in [0, 0.05) is 26.4 Å². The number of rotatable bonds is 6. The summed E-state index contributed by atoms with van der Waals surface area (Å²) in [6.07, 6.45) is 2.57. The minimum Gasteiger partial charge on any atom is -0.384 e. The van der Waals surface area contributed by atoms with Crippen LogP contribution in [0, 0.1) is 0 Å². The van der Waals surface area contributed by atoms with Crippen LogP contribution in [0.25, 0.3) is 0 Å². The van der Waals surface area contributed by atoms with Crippen LogP contribution in [-0.4, -0.2) is 25.8 Å². The number of ketones is 1. The summed E-state index contributed by atoms with van der Waals surface area (Å²) in [4.78, 5) is 20.4. The molecule has 0 saturated carbocycles. The largest absolute Gasteiger partial charge is 0.384 e. The smallest absolute Gasteiger partial charge is 0.198 e. The first-order valence-corrected chi connectivity index (χ1v) is 3.17. The number of carbonyl (C=O) groups is 1. The number of carbonyl (C=O) groups excluding carboxylic acids is 2. The summed E-state index contributed by atoms with van der Waals surface area (Å²) >= 11 is 0. The minimum absolute atomic E-state index is 0.0604. The van der Waals surface area contributed by atoms with Crippen LogP contribution in [0.5, 0.6) is 0 Å². The lowest BCUT2D eigenvalue weighted by Gasteiger charge is -1.94. The second-order valence-corrected chi connectivity index (χ2v) is 1.93. The van der Waals surface area contributed by atoms with Crippen LogP contribution in [0.15, 0.2) is 0 Å². The average molecular weight is 143 g/mol. The first-order valence-electron chi connectivity index (χ1n) is 3.17. The van der Waals surface area contributed by atoms with Crippen molar-refractivity contribution in [2.45, 2.75) is 19.3 Å². The maximum atomic E-state index is 10.7. The number of hydrogen-bond acceptors (Lipinski definition) is 3. The summed E-state index contributed by atoms with van der Waals surface area (Å²) < 4.78 is 4.67. The molecule has 0 amide bonds. The Labute approximate surface area is 60.4 Å². The molecule has 0 bridgehead atoms. The molecule has 0 unspecified atom stereocenters. The minimum atomic E-state index is 0.0604. The lowest BCUT2D eigenvalue weighted by Crippen LogP contribution is -2.02. The molecule has 0 aromatic carbocycles. The van der Waals surface area contributed by atoms with E-state index >= 15 is 0 Å². The Hall–Kier alpha value is -0.700. The summed E-state index contributed by atoms with van der Waals surface area (Å²) in [5, 5.41) is 0. The highest BCUT2D eigenvalue weighted by Crippen LogP contribution is 1.92. The molecular weight excluding hydrogens is 132 g/mol. The summed E-state index contributed by atoms with van der Waals surface area (Å²) in [5.41, 5.74) is 0. The molecule has 0 saturated heterocycles. The molecule has 0 spiro atoms. The average Bonchev–Trinajstić information content (AvgIpc) is 1.97. The summed E-state index contributed by atoms with van der Waals surface area (Å²) in [7, 11) is 1.54. The van der Waals surface area contributed by atoms with Gasteiger partial charge in [-0.25, -0.2) is 0 Å². The molecule has 1 radical (unpaired) electrons. The Morgan fingerprint density at radius 3 is 2.70 bits per heavy atom. The highest BCUT2D eigenvalue weighted by Gasteiger charge is 1.99. The van der Waals surface area contributed by atoms with Crippen molar-refractivity contribution in [2.24, 2.45) is 0 Å². The van der Waals surface area contributed by atoms with Crippen LogP contribution < -0.4 is 0 Å². The third-order valence-electron chi connectivity index (χ3n) is 1.09. The third-order valence-corrected chi connectivity index (χ3v) is 1.09. The standard InChI is InChI=1S/C7H11O3/c1-10-6-4-7(9)3-2-5-8/h2-4,6H2,1H3. The maximum absolute atomic E-state index is 10.7. The summed E-state index contributed by atoms with van der Waals surface area (Å²) in [6, 6.07) is 0. The van der Waals surface area contributed by atoms with Crippen LogP contribution in [0.1, 0.15) is 19.3 Å². The monoisotopic (exact) mass is 143 g/mol. The van der Waals surface area contributed by atoms with E-state index in [2.05, 4.69) is 4.74 Å². The zero-order valence-corrected chi connectivity index (χ0v) is 6.05. The SMILES string of the molecule is COCCC(=O)CC[C]=O. The van der Waals surface area contributed by atoms with Gasteiger partial charge >= 0.3 is 0 Å². The number of methoxy groups -OCH3 is 1. The molecule has 3 nitrogen and oxygen atoms in total. The van der Waals surface area contributed by atoms with Crippen LogP contribution in [0.3, 0.4) is 0 Å². The Bertz CT molecular complexity index is 109. The van der Waals surface area contributed by atoms with Crippen LogP contribution in [0.4, 0.5) is 0 Å². The Kier molecular flexibility index (Phi) is 5.97. The van der Waals surface area contributed by atoms with Crippen LogP contribution in [-0.2, 0) is 14.3 Å². The van der Waals surface area contributed by atoms with Gasteiger partial charge in [-0.3, -0.25) is 9.59 Å².